The van der Waals surface area contributed by atoms with E-state index in [2.05, 4.69) is 33.5 Å². The molecule has 2 aromatic rings. The lowest BCUT2D eigenvalue weighted by Gasteiger charge is -2.10. The van der Waals surface area contributed by atoms with Crippen LogP contribution in [0.5, 0.6) is 0 Å². The van der Waals surface area contributed by atoms with Crippen molar-refractivity contribution in [2.24, 2.45) is 0 Å². The van der Waals surface area contributed by atoms with Crippen LogP contribution in [0.2, 0.25) is 0 Å². The van der Waals surface area contributed by atoms with Gasteiger partial charge in [0.1, 0.15) is 0 Å². The molecular formula is C29H39BrN2O4. The summed E-state index contributed by atoms with van der Waals surface area (Å²) in [5, 5.41) is 5.59. The van der Waals surface area contributed by atoms with Crippen LogP contribution in [0.25, 0.3) is 0 Å². The fraction of sp³-hybridized carbons (Fsp3) is 0.483. The Kier molecular flexibility index (Phi) is 13.3. The number of hydrogen-bond acceptors (Lipinski definition) is 4. The molecule has 2 N–H and O–H groups in total. The number of carbonyl (C=O) groups excluding carboxylic acids is 3. The normalized spacial score (nSPS) is 10.7. The van der Waals surface area contributed by atoms with Crippen molar-refractivity contribution in [1.82, 2.24) is 0 Å². The van der Waals surface area contributed by atoms with Crippen molar-refractivity contribution < 1.29 is 19.1 Å². The number of unbranched alkanes of at least 4 members (excludes halogenated alkanes) is 8. The van der Waals surface area contributed by atoms with E-state index in [1.807, 2.05) is 26.0 Å². The van der Waals surface area contributed by atoms with Gasteiger partial charge in [0.15, 0.2) is 6.61 Å². The van der Waals surface area contributed by atoms with Gasteiger partial charge in [-0.25, -0.2) is 4.79 Å². The van der Waals surface area contributed by atoms with E-state index in [0.717, 1.165) is 34.9 Å². The van der Waals surface area contributed by atoms with E-state index in [1.165, 1.54) is 38.5 Å². The van der Waals surface area contributed by atoms with Gasteiger partial charge in [0.25, 0.3) is 5.91 Å². The summed E-state index contributed by atoms with van der Waals surface area (Å²) in [5.74, 6) is -1.11. The number of aryl methyl sites for hydroxylation is 2. The van der Waals surface area contributed by atoms with E-state index >= 15 is 0 Å². The van der Waals surface area contributed by atoms with Gasteiger partial charge in [0.05, 0.1) is 5.56 Å². The molecule has 2 aromatic carbocycles. The van der Waals surface area contributed by atoms with Crippen LogP contribution in [0, 0.1) is 13.8 Å². The second-order valence-electron chi connectivity index (χ2n) is 9.26. The van der Waals surface area contributed by atoms with Crippen LogP contribution in [-0.4, -0.2) is 24.4 Å². The maximum absolute atomic E-state index is 12.4. The molecule has 0 aliphatic carbocycles. The highest BCUT2D eigenvalue weighted by Crippen LogP contribution is 2.25. The number of anilines is 2. The molecule has 0 radical (unpaired) electrons. The van der Waals surface area contributed by atoms with Crippen molar-refractivity contribution in [3.8, 4) is 0 Å². The summed E-state index contributed by atoms with van der Waals surface area (Å²) in [6.45, 7) is 5.70. The molecule has 0 heterocycles. The second-order valence-corrected chi connectivity index (χ2v) is 10.0. The SMILES string of the molecule is CCCCCCCCCCCC(=O)Nc1cccc(C(=O)OCC(=O)Nc2cc(C)c(Br)c(C)c2)c1. The molecule has 0 atom stereocenters. The van der Waals surface area contributed by atoms with Crippen LogP contribution in [0.15, 0.2) is 40.9 Å². The topological polar surface area (TPSA) is 84.5 Å². The molecule has 6 nitrogen and oxygen atoms in total. The molecular weight excluding hydrogens is 520 g/mol. The van der Waals surface area contributed by atoms with Gasteiger partial charge in [-0.3, -0.25) is 9.59 Å². The van der Waals surface area contributed by atoms with E-state index in [1.54, 1.807) is 24.3 Å². The molecule has 2 rings (SSSR count). The Morgan fingerprint density at radius 1 is 0.778 bits per heavy atom. The standard InChI is InChI=1S/C29H39BrN2O4/c1-4-5-6-7-8-9-10-11-12-16-26(33)31-24-15-13-14-23(19-24)29(35)36-20-27(34)32-25-17-21(2)28(30)22(3)18-25/h13-15,17-19H,4-12,16,20H2,1-3H3,(H,31,33)(H,32,34). The first-order chi connectivity index (χ1) is 17.3. The van der Waals surface area contributed by atoms with Gasteiger partial charge in [0, 0.05) is 22.3 Å². The zero-order valence-electron chi connectivity index (χ0n) is 21.8. The second kappa shape index (κ2) is 16.1. The molecule has 0 saturated carbocycles. The number of hydrogen-bond donors (Lipinski definition) is 2. The van der Waals surface area contributed by atoms with Crippen molar-refractivity contribution in [3.05, 3.63) is 57.6 Å². The van der Waals surface area contributed by atoms with Crippen molar-refractivity contribution in [3.63, 3.8) is 0 Å². The van der Waals surface area contributed by atoms with Crippen molar-refractivity contribution >= 4 is 45.1 Å². The summed E-state index contributed by atoms with van der Waals surface area (Å²) in [5.41, 5.74) is 3.46. The quantitative estimate of drug-likeness (QED) is 0.173. The Labute approximate surface area is 223 Å². The van der Waals surface area contributed by atoms with Crippen LogP contribution < -0.4 is 10.6 Å². The maximum atomic E-state index is 12.4. The fourth-order valence-corrected chi connectivity index (χ4v) is 4.20. The monoisotopic (exact) mass is 558 g/mol. The van der Waals surface area contributed by atoms with Gasteiger partial charge in [-0.2, -0.15) is 0 Å². The zero-order chi connectivity index (χ0) is 26.3. The molecule has 0 bridgehead atoms. The van der Waals surface area contributed by atoms with Gasteiger partial charge in [-0.05, 0) is 61.7 Å². The number of benzene rings is 2. The van der Waals surface area contributed by atoms with Gasteiger partial charge in [0.2, 0.25) is 5.91 Å². The zero-order valence-corrected chi connectivity index (χ0v) is 23.3. The van der Waals surface area contributed by atoms with E-state index < -0.39 is 18.5 Å². The summed E-state index contributed by atoms with van der Waals surface area (Å²) in [4.78, 5) is 36.9. The Morgan fingerprint density at radius 2 is 1.36 bits per heavy atom. The Balaban J connectivity index is 1.71. The number of carbonyl (C=O) groups is 3. The summed E-state index contributed by atoms with van der Waals surface area (Å²) >= 11 is 3.50. The van der Waals surface area contributed by atoms with Crippen LogP contribution in [0.4, 0.5) is 11.4 Å². The lowest BCUT2D eigenvalue weighted by atomic mass is 10.1. The molecule has 0 fully saturated rings. The lowest BCUT2D eigenvalue weighted by Crippen LogP contribution is -2.21. The predicted octanol–water partition coefficient (Wildman–Crippen LogP) is 7.72. The highest BCUT2D eigenvalue weighted by molar-refractivity contribution is 9.10. The minimum Gasteiger partial charge on any atom is -0.452 e. The van der Waals surface area contributed by atoms with Crippen LogP contribution >= 0.6 is 15.9 Å². The summed E-state index contributed by atoms with van der Waals surface area (Å²) in [6, 6.07) is 10.3. The lowest BCUT2D eigenvalue weighted by molar-refractivity contribution is -0.119. The Bertz CT molecular complexity index is 999. The third-order valence-electron chi connectivity index (χ3n) is 5.94. The summed E-state index contributed by atoms with van der Waals surface area (Å²) in [7, 11) is 0. The third kappa shape index (κ3) is 10.9. The molecule has 0 saturated heterocycles. The van der Waals surface area contributed by atoms with Gasteiger partial charge in [-0.15, -0.1) is 0 Å². The molecule has 0 unspecified atom stereocenters. The average molecular weight is 560 g/mol. The van der Waals surface area contributed by atoms with E-state index in [0.29, 0.717) is 17.8 Å². The van der Waals surface area contributed by atoms with E-state index in [-0.39, 0.29) is 11.5 Å². The molecule has 0 aliphatic heterocycles. The van der Waals surface area contributed by atoms with Crippen LogP contribution in [-0.2, 0) is 14.3 Å². The maximum Gasteiger partial charge on any atom is 0.338 e. The largest absolute Gasteiger partial charge is 0.452 e. The van der Waals surface area contributed by atoms with Crippen molar-refractivity contribution in [2.45, 2.75) is 85.0 Å². The van der Waals surface area contributed by atoms with Gasteiger partial charge >= 0.3 is 5.97 Å². The summed E-state index contributed by atoms with van der Waals surface area (Å²) < 4.78 is 6.16. The van der Waals surface area contributed by atoms with Crippen molar-refractivity contribution in [2.75, 3.05) is 17.2 Å². The first-order valence-electron chi connectivity index (χ1n) is 12.9. The third-order valence-corrected chi connectivity index (χ3v) is 7.19. The van der Waals surface area contributed by atoms with Crippen molar-refractivity contribution in [1.29, 1.82) is 0 Å². The molecule has 0 aromatic heterocycles. The number of rotatable bonds is 15. The number of amides is 2. The Morgan fingerprint density at radius 3 is 2.00 bits per heavy atom. The molecule has 36 heavy (non-hydrogen) atoms. The highest BCUT2D eigenvalue weighted by atomic mass is 79.9. The van der Waals surface area contributed by atoms with E-state index in [4.69, 9.17) is 4.74 Å². The number of halogens is 1. The average Bonchev–Trinajstić information content (AvgIpc) is 2.85. The first-order valence-corrected chi connectivity index (χ1v) is 13.7. The number of esters is 1. The number of nitrogens with one attached hydrogen (secondary N) is 2. The smallest absolute Gasteiger partial charge is 0.338 e. The first kappa shape index (κ1) is 29.6. The number of ether oxygens (including phenoxy) is 1. The molecule has 0 aliphatic rings. The summed E-state index contributed by atoms with van der Waals surface area (Å²) in [6.07, 6.45) is 11.3. The molecule has 0 spiro atoms. The molecule has 7 heteroatoms. The Hall–Kier alpha value is -2.67. The van der Waals surface area contributed by atoms with E-state index in [9.17, 15) is 14.4 Å². The minimum absolute atomic E-state index is 0.0667. The van der Waals surface area contributed by atoms with Gasteiger partial charge < -0.3 is 15.4 Å². The molecule has 2 amide bonds. The van der Waals surface area contributed by atoms with Crippen LogP contribution in [0.1, 0.15) is 92.6 Å². The predicted molar refractivity (Wildman–Crippen MR) is 149 cm³/mol. The minimum atomic E-state index is -0.622. The van der Waals surface area contributed by atoms with Gasteiger partial charge in [-0.1, -0.05) is 80.3 Å². The fourth-order valence-electron chi connectivity index (χ4n) is 3.97. The molecule has 196 valence electrons. The highest BCUT2D eigenvalue weighted by Gasteiger charge is 2.13. The van der Waals surface area contributed by atoms with Crippen LogP contribution in [0.3, 0.4) is 0 Å².